The minimum atomic E-state index is -3.31. The predicted octanol–water partition coefficient (Wildman–Crippen LogP) is 1.59. The molecule has 0 saturated carbocycles. The van der Waals surface area contributed by atoms with Gasteiger partial charge in [0.15, 0.2) is 0 Å². The monoisotopic (exact) mass is 306 g/mol. The van der Waals surface area contributed by atoms with Crippen LogP contribution in [0, 0.1) is 0 Å². The van der Waals surface area contributed by atoms with E-state index >= 15 is 0 Å². The van der Waals surface area contributed by atoms with E-state index in [-0.39, 0.29) is 6.04 Å². The summed E-state index contributed by atoms with van der Waals surface area (Å²) in [4.78, 5) is 0. The van der Waals surface area contributed by atoms with Gasteiger partial charge >= 0.3 is 0 Å². The zero-order valence-electron chi connectivity index (χ0n) is 13.9. The third-order valence-corrected chi connectivity index (χ3v) is 5.51. The smallest absolute Gasteiger partial charge is 0.218 e. The Morgan fingerprint density at radius 2 is 1.55 bits per heavy atom. The van der Waals surface area contributed by atoms with Crippen LogP contribution in [0.3, 0.4) is 0 Å². The second kappa shape index (κ2) is 5.91. The highest BCUT2D eigenvalue weighted by Gasteiger charge is 2.43. The summed E-state index contributed by atoms with van der Waals surface area (Å²) in [5.74, 6) is 0. The molecule has 1 unspecified atom stereocenters. The molecular formula is C14H30N2O3S. The van der Waals surface area contributed by atoms with Gasteiger partial charge in [0.25, 0.3) is 0 Å². The highest BCUT2D eigenvalue weighted by molar-refractivity contribution is 7.89. The van der Waals surface area contributed by atoms with Crippen molar-refractivity contribution in [3.05, 3.63) is 0 Å². The minimum Gasteiger partial charge on any atom is -0.367 e. The van der Waals surface area contributed by atoms with Crippen molar-refractivity contribution in [1.82, 2.24) is 9.62 Å². The number of hydrogen-bond donors (Lipinski definition) is 1. The Morgan fingerprint density at radius 3 is 1.95 bits per heavy atom. The summed E-state index contributed by atoms with van der Waals surface area (Å²) >= 11 is 0. The first-order valence-corrected chi connectivity index (χ1v) is 8.79. The Hall–Kier alpha value is -0.170. The summed E-state index contributed by atoms with van der Waals surface area (Å²) in [5, 5.41) is 2.76. The maximum Gasteiger partial charge on any atom is 0.218 e. The first kappa shape index (κ1) is 17.9. The van der Waals surface area contributed by atoms with Crippen LogP contribution in [0.2, 0.25) is 0 Å². The van der Waals surface area contributed by atoms with E-state index in [1.54, 1.807) is 11.2 Å². The zero-order valence-corrected chi connectivity index (χ0v) is 14.7. The summed E-state index contributed by atoms with van der Waals surface area (Å²) in [7, 11) is -3.31. The fraction of sp³-hybridized carbons (Fsp3) is 1.00. The molecule has 1 saturated heterocycles. The second-order valence-corrected chi connectivity index (χ2v) is 9.66. The van der Waals surface area contributed by atoms with Crippen LogP contribution < -0.4 is 5.32 Å². The molecule has 0 aromatic carbocycles. The van der Waals surface area contributed by atoms with Gasteiger partial charge < -0.3 is 10.1 Å². The van der Waals surface area contributed by atoms with E-state index in [1.807, 2.05) is 41.5 Å². The topological polar surface area (TPSA) is 58.6 Å². The maximum atomic E-state index is 12.7. The Labute approximate surface area is 124 Å². The van der Waals surface area contributed by atoms with Crippen molar-refractivity contribution in [1.29, 1.82) is 0 Å². The average Bonchev–Trinajstić information content (AvgIpc) is 2.21. The van der Waals surface area contributed by atoms with Gasteiger partial charge in [0.2, 0.25) is 10.0 Å². The molecule has 1 aliphatic heterocycles. The van der Waals surface area contributed by atoms with Gasteiger partial charge in [-0.1, -0.05) is 13.8 Å². The van der Waals surface area contributed by atoms with Gasteiger partial charge in [0.05, 0.1) is 16.5 Å². The molecule has 0 aromatic heterocycles. The van der Waals surface area contributed by atoms with Crippen LogP contribution in [0.15, 0.2) is 0 Å². The van der Waals surface area contributed by atoms with E-state index in [2.05, 4.69) is 5.32 Å². The fourth-order valence-corrected chi connectivity index (χ4v) is 4.46. The molecule has 6 heteroatoms. The highest BCUT2D eigenvalue weighted by atomic mass is 32.2. The van der Waals surface area contributed by atoms with Crippen molar-refractivity contribution in [2.75, 3.05) is 19.6 Å². The summed E-state index contributed by atoms with van der Waals surface area (Å²) in [6.07, 6.45) is 0. The number of nitrogens with zero attached hydrogens (tertiary/aromatic N) is 1. The summed E-state index contributed by atoms with van der Waals surface area (Å²) in [6.45, 7) is 14.8. The van der Waals surface area contributed by atoms with Crippen LogP contribution in [-0.2, 0) is 14.8 Å². The third kappa shape index (κ3) is 4.69. The largest absolute Gasteiger partial charge is 0.367 e. The Kier molecular flexibility index (Phi) is 5.28. The van der Waals surface area contributed by atoms with Crippen LogP contribution in [0.25, 0.3) is 0 Å². The molecule has 1 fully saturated rings. The molecule has 5 nitrogen and oxygen atoms in total. The Balaban J connectivity index is 2.86. The van der Waals surface area contributed by atoms with Gasteiger partial charge in [-0.25, -0.2) is 8.42 Å². The van der Waals surface area contributed by atoms with Crippen molar-refractivity contribution in [3.63, 3.8) is 0 Å². The average molecular weight is 306 g/mol. The van der Waals surface area contributed by atoms with E-state index in [0.717, 1.165) is 0 Å². The molecule has 0 amide bonds. The van der Waals surface area contributed by atoms with Crippen molar-refractivity contribution in [3.8, 4) is 0 Å². The maximum absolute atomic E-state index is 12.7. The minimum absolute atomic E-state index is 0.283. The molecule has 0 aliphatic carbocycles. The standard InChI is InChI=1S/C14H30N2O3S/c1-11(2)15-8-12(3)20(17,18)16-9-13(4,5)19-14(6,7)10-16/h11-12,15H,8-10H2,1-7H3. The van der Waals surface area contributed by atoms with Gasteiger partial charge in [-0.2, -0.15) is 4.31 Å². The van der Waals surface area contributed by atoms with Gasteiger partial charge in [-0.05, 0) is 34.6 Å². The lowest BCUT2D eigenvalue weighted by atomic mass is 10.0. The molecule has 0 radical (unpaired) electrons. The van der Waals surface area contributed by atoms with Crippen molar-refractivity contribution in [2.45, 2.75) is 71.0 Å². The molecule has 0 spiro atoms. The molecule has 1 rings (SSSR count). The van der Waals surface area contributed by atoms with E-state index in [4.69, 9.17) is 4.74 Å². The number of morpholine rings is 1. The first-order valence-electron chi connectivity index (χ1n) is 7.28. The van der Waals surface area contributed by atoms with Gasteiger partial charge in [0.1, 0.15) is 0 Å². The van der Waals surface area contributed by atoms with Crippen LogP contribution in [-0.4, -0.2) is 54.9 Å². The normalized spacial score (nSPS) is 24.8. The van der Waals surface area contributed by atoms with Crippen LogP contribution in [0.5, 0.6) is 0 Å². The van der Waals surface area contributed by atoms with E-state index in [1.165, 1.54) is 0 Å². The van der Waals surface area contributed by atoms with Gasteiger partial charge in [-0.15, -0.1) is 0 Å². The van der Waals surface area contributed by atoms with Crippen LogP contribution in [0.4, 0.5) is 0 Å². The Bertz CT molecular complexity index is 414. The quantitative estimate of drug-likeness (QED) is 0.838. The lowest BCUT2D eigenvalue weighted by Gasteiger charge is -2.47. The molecule has 120 valence electrons. The van der Waals surface area contributed by atoms with E-state index in [9.17, 15) is 8.42 Å². The summed E-state index contributed by atoms with van der Waals surface area (Å²) < 4.78 is 32.9. The molecule has 0 aromatic rings. The van der Waals surface area contributed by atoms with Crippen molar-refractivity contribution in [2.24, 2.45) is 0 Å². The number of ether oxygens (including phenoxy) is 1. The molecule has 1 N–H and O–H groups in total. The first-order chi connectivity index (χ1) is 8.86. The highest BCUT2D eigenvalue weighted by Crippen LogP contribution is 2.30. The van der Waals surface area contributed by atoms with E-state index < -0.39 is 26.5 Å². The number of sulfonamides is 1. The van der Waals surface area contributed by atoms with Crippen LogP contribution in [0.1, 0.15) is 48.5 Å². The van der Waals surface area contributed by atoms with Gasteiger partial charge in [-0.3, -0.25) is 0 Å². The summed E-state index contributed by atoms with van der Waals surface area (Å²) in [5.41, 5.74) is -0.917. The molecule has 1 heterocycles. The van der Waals surface area contributed by atoms with Crippen molar-refractivity contribution < 1.29 is 13.2 Å². The second-order valence-electron chi connectivity index (χ2n) is 7.31. The lowest BCUT2D eigenvalue weighted by Crippen LogP contribution is -2.60. The molecule has 0 bridgehead atoms. The number of rotatable bonds is 5. The lowest BCUT2D eigenvalue weighted by molar-refractivity contribution is -0.164. The van der Waals surface area contributed by atoms with Crippen LogP contribution >= 0.6 is 0 Å². The van der Waals surface area contributed by atoms with Crippen molar-refractivity contribution >= 4 is 10.0 Å². The Morgan fingerprint density at radius 1 is 1.10 bits per heavy atom. The number of nitrogens with one attached hydrogen (secondary N) is 1. The number of hydrogen-bond acceptors (Lipinski definition) is 4. The van der Waals surface area contributed by atoms with Gasteiger partial charge in [0, 0.05) is 25.7 Å². The molecule has 20 heavy (non-hydrogen) atoms. The molecule has 1 atom stereocenters. The fourth-order valence-electron chi connectivity index (χ4n) is 2.66. The predicted molar refractivity (Wildman–Crippen MR) is 82.3 cm³/mol. The SMILES string of the molecule is CC(C)NCC(C)S(=O)(=O)N1CC(C)(C)OC(C)(C)C1. The third-order valence-electron chi connectivity index (χ3n) is 3.35. The zero-order chi connectivity index (χ0) is 15.8. The van der Waals surface area contributed by atoms with E-state index in [0.29, 0.717) is 19.6 Å². The molecule has 1 aliphatic rings. The molecular weight excluding hydrogens is 276 g/mol. The summed E-state index contributed by atoms with van der Waals surface area (Å²) in [6, 6.07) is 0.283.